The SMILES string of the molecule is CC1(C)CC(=O)C2=C(C1)N(c1nnc(SCC(=O)c3ccc(Cl)cc3)s1)C(N)=C(C#N)C2c1ccc(Cl)cc1Cl. The first kappa shape index (κ1) is 28.7. The van der Waals surface area contributed by atoms with E-state index in [1.807, 2.05) is 13.8 Å². The molecular formula is C28H22Cl3N5O2S2. The minimum atomic E-state index is -0.733. The van der Waals surface area contributed by atoms with Crippen molar-refractivity contribution in [2.75, 3.05) is 10.7 Å². The lowest BCUT2D eigenvalue weighted by molar-refractivity contribution is -0.118. The molecule has 0 fully saturated rings. The summed E-state index contributed by atoms with van der Waals surface area (Å²) in [5.74, 6) is -0.576. The second-order valence-corrected chi connectivity index (χ2v) is 13.7. The van der Waals surface area contributed by atoms with E-state index in [0.29, 0.717) is 59.8 Å². The van der Waals surface area contributed by atoms with Crippen molar-refractivity contribution >= 4 is 74.6 Å². The van der Waals surface area contributed by atoms with Crippen LogP contribution in [-0.2, 0) is 4.79 Å². The summed E-state index contributed by atoms with van der Waals surface area (Å²) >= 11 is 21.1. The third kappa shape index (κ3) is 5.52. The highest BCUT2D eigenvalue weighted by atomic mass is 35.5. The Morgan fingerprint density at radius 2 is 1.85 bits per heavy atom. The van der Waals surface area contributed by atoms with Gasteiger partial charge in [0.1, 0.15) is 5.82 Å². The van der Waals surface area contributed by atoms with Gasteiger partial charge in [0.2, 0.25) is 5.13 Å². The predicted molar refractivity (Wildman–Crippen MR) is 160 cm³/mol. The first-order valence-electron chi connectivity index (χ1n) is 12.1. The summed E-state index contributed by atoms with van der Waals surface area (Å²) in [7, 11) is 0. The van der Waals surface area contributed by atoms with Gasteiger partial charge in [0.05, 0.1) is 23.3 Å². The van der Waals surface area contributed by atoms with Crippen LogP contribution < -0.4 is 10.6 Å². The normalized spacial score (nSPS) is 18.6. The average molecular weight is 631 g/mol. The Kier molecular flexibility index (Phi) is 8.01. The summed E-state index contributed by atoms with van der Waals surface area (Å²) in [6.07, 6.45) is 0.830. The lowest BCUT2D eigenvalue weighted by Crippen LogP contribution is -2.42. The van der Waals surface area contributed by atoms with Crippen LogP contribution in [0.25, 0.3) is 0 Å². The number of thioether (sulfide) groups is 1. The predicted octanol–water partition coefficient (Wildman–Crippen LogP) is 7.41. The molecule has 0 bridgehead atoms. The molecular weight excluding hydrogens is 609 g/mol. The first-order valence-corrected chi connectivity index (χ1v) is 15.1. The number of ketones is 2. The number of halogens is 3. The number of aromatic nitrogens is 2. The zero-order valence-electron chi connectivity index (χ0n) is 21.4. The van der Waals surface area contributed by atoms with Gasteiger partial charge in [-0.1, -0.05) is 77.8 Å². The number of carbonyl (C=O) groups excluding carboxylic acids is 2. The van der Waals surface area contributed by atoms with Crippen LogP contribution >= 0.6 is 57.9 Å². The molecule has 2 aliphatic rings. The van der Waals surface area contributed by atoms with E-state index >= 15 is 0 Å². The van der Waals surface area contributed by atoms with E-state index in [9.17, 15) is 14.9 Å². The van der Waals surface area contributed by atoms with Crippen LogP contribution in [-0.4, -0.2) is 27.5 Å². The summed E-state index contributed by atoms with van der Waals surface area (Å²) in [4.78, 5) is 28.0. The number of nitriles is 1. The second-order valence-electron chi connectivity index (χ2n) is 10.2. The van der Waals surface area contributed by atoms with Crippen molar-refractivity contribution in [2.45, 2.75) is 36.9 Å². The molecule has 0 amide bonds. The smallest absolute Gasteiger partial charge is 0.219 e. The van der Waals surface area contributed by atoms with Gasteiger partial charge in [0.15, 0.2) is 15.9 Å². The Bertz CT molecular complexity index is 1640. The number of hydrogen-bond donors (Lipinski definition) is 1. The van der Waals surface area contributed by atoms with E-state index in [4.69, 9.17) is 40.5 Å². The van der Waals surface area contributed by atoms with Crippen LogP contribution in [0.3, 0.4) is 0 Å². The maximum atomic E-state index is 13.7. The van der Waals surface area contributed by atoms with Crippen molar-refractivity contribution in [2.24, 2.45) is 11.1 Å². The summed E-state index contributed by atoms with van der Waals surface area (Å²) < 4.78 is 0.551. The summed E-state index contributed by atoms with van der Waals surface area (Å²) in [5.41, 5.74) is 8.78. The van der Waals surface area contributed by atoms with E-state index in [1.54, 1.807) is 47.4 Å². The molecule has 2 N–H and O–H groups in total. The lowest BCUT2D eigenvalue weighted by Gasteiger charge is -2.42. The van der Waals surface area contributed by atoms with E-state index in [1.165, 1.54) is 23.1 Å². The molecule has 1 unspecified atom stereocenters. The molecule has 0 saturated carbocycles. The monoisotopic (exact) mass is 629 g/mol. The number of rotatable bonds is 6. The van der Waals surface area contributed by atoms with E-state index in [2.05, 4.69) is 16.3 Å². The fraction of sp³-hybridized carbons (Fsp3) is 0.250. The Morgan fingerprint density at radius 3 is 2.52 bits per heavy atom. The summed E-state index contributed by atoms with van der Waals surface area (Å²) in [5, 5.41) is 20.6. The number of nitrogens with zero attached hydrogens (tertiary/aromatic N) is 4. The van der Waals surface area contributed by atoms with Crippen LogP contribution in [0.5, 0.6) is 0 Å². The molecule has 40 heavy (non-hydrogen) atoms. The molecule has 0 radical (unpaired) electrons. The quantitative estimate of drug-likeness (QED) is 0.221. The zero-order valence-corrected chi connectivity index (χ0v) is 25.3. The Hall–Kier alpha value is -2.87. The number of Topliss-reactive ketones (excluding diaryl/α,β-unsaturated/α-hetero) is 2. The number of allylic oxidation sites excluding steroid dienone is 3. The first-order chi connectivity index (χ1) is 19.0. The Balaban J connectivity index is 1.53. The highest BCUT2D eigenvalue weighted by Crippen LogP contribution is 2.51. The molecule has 12 heteroatoms. The molecule has 2 heterocycles. The minimum Gasteiger partial charge on any atom is -0.384 e. The number of benzene rings is 2. The van der Waals surface area contributed by atoms with Crippen molar-refractivity contribution in [1.82, 2.24) is 10.2 Å². The van der Waals surface area contributed by atoms with Gasteiger partial charge in [-0.3, -0.25) is 14.5 Å². The maximum Gasteiger partial charge on any atom is 0.219 e. The Morgan fingerprint density at radius 1 is 1.15 bits per heavy atom. The molecule has 5 rings (SSSR count). The fourth-order valence-electron chi connectivity index (χ4n) is 4.97. The van der Waals surface area contributed by atoms with Crippen molar-refractivity contribution in [3.8, 4) is 6.07 Å². The van der Waals surface area contributed by atoms with Crippen LogP contribution in [0.1, 0.15) is 48.5 Å². The highest BCUT2D eigenvalue weighted by Gasteiger charge is 2.46. The summed E-state index contributed by atoms with van der Waals surface area (Å²) in [6.45, 7) is 4.03. The van der Waals surface area contributed by atoms with Gasteiger partial charge in [-0.05, 0) is 53.8 Å². The molecule has 1 aliphatic carbocycles. The van der Waals surface area contributed by atoms with Gasteiger partial charge in [-0.25, -0.2) is 0 Å². The highest BCUT2D eigenvalue weighted by molar-refractivity contribution is 8.01. The molecule has 204 valence electrons. The van der Waals surface area contributed by atoms with Gasteiger partial charge in [0, 0.05) is 38.3 Å². The van der Waals surface area contributed by atoms with Crippen LogP contribution in [0.15, 0.2) is 69.5 Å². The van der Waals surface area contributed by atoms with Crippen LogP contribution in [0.4, 0.5) is 5.13 Å². The number of hydrogen-bond acceptors (Lipinski definition) is 9. The number of carbonyl (C=O) groups is 2. The topological polar surface area (TPSA) is 113 Å². The van der Waals surface area contributed by atoms with Gasteiger partial charge in [-0.2, -0.15) is 5.26 Å². The fourth-order valence-corrected chi connectivity index (χ4v) is 7.39. The lowest BCUT2D eigenvalue weighted by atomic mass is 9.68. The Labute approximate surface area is 254 Å². The average Bonchev–Trinajstić information content (AvgIpc) is 3.35. The molecule has 3 aromatic rings. The van der Waals surface area contributed by atoms with Crippen molar-refractivity contribution in [3.05, 3.63) is 91.3 Å². The number of nitrogens with two attached hydrogens (primary N) is 1. The maximum absolute atomic E-state index is 13.7. The largest absolute Gasteiger partial charge is 0.384 e. The van der Waals surface area contributed by atoms with Crippen molar-refractivity contribution in [1.29, 1.82) is 5.26 Å². The molecule has 1 atom stereocenters. The van der Waals surface area contributed by atoms with Crippen LogP contribution in [0.2, 0.25) is 15.1 Å². The number of anilines is 1. The van der Waals surface area contributed by atoms with Crippen molar-refractivity contribution in [3.63, 3.8) is 0 Å². The zero-order chi connectivity index (χ0) is 28.8. The second kappa shape index (κ2) is 11.2. The standard InChI is InChI=1S/C28H22Cl3N5O2S2/c1-28(2)10-20-24(21(37)11-28)23(17-8-7-16(30)9-19(17)31)18(12-32)25(33)36(20)26-34-35-27(40-26)39-13-22(38)14-3-5-15(29)6-4-14/h3-9,23H,10-11,13,33H2,1-2H3. The van der Waals surface area contributed by atoms with E-state index in [0.717, 1.165) is 0 Å². The third-order valence-electron chi connectivity index (χ3n) is 6.73. The molecule has 0 spiro atoms. The molecule has 7 nitrogen and oxygen atoms in total. The van der Waals surface area contributed by atoms with Gasteiger partial charge >= 0.3 is 0 Å². The minimum absolute atomic E-state index is 0.0742. The van der Waals surface area contributed by atoms with Gasteiger partial charge in [0.25, 0.3) is 0 Å². The van der Waals surface area contributed by atoms with E-state index in [-0.39, 0.29) is 34.1 Å². The summed E-state index contributed by atoms with van der Waals surface area (Å²) in [6, 6.07) is 13.9. The van der Waals surface area contributed by atoms with E-state index < -0.39 is 5.92 Å². The molecule has 0 saturated heterocycles. The van der Waals surface area contributed by atoms with Gasteiger partial charge in [-0.15, -0.1) is 10.2 Å². The molecule has 1 aliphatic heterocycles. The molecule has 2 aromatic carbocycles. The van der Waals surface area contributed by atoms with Crippen molar-refractivity contribution < 1.29 is 9.59 Å². The molecule has 1 aromatic heterocycles. The third-order valence-corrected chi connectivity index (χ3v) is 9.59. The van der Waals surface area contributed by atoms with Gasteiger partial charge < -0.3 is 5.73 Å². The van der Waals surface area contributed by atoms with Crippen LogP contribution in [0, 0.1) is 16.7 Å².